The lowest BCUT2D eigenvalue weighted by Gasteiger charge is -2.19. The largest absolute Gasteiger partial charge is 0.465 e. The predicted molar refractivity (Wildman–Crippen MR) is 63.6 cm³/mol. The monoisotopic (exact) mass is 210 g/mol. The van der Waals surface area contributed by atoms with Crippen LogP contribution in [0.2, 0.25) is 0 Å². The first-order valence-corrected chi connectivity index (χ1v) is 5.46. The molecule has 86 valence electrons. The minimum absolute atomic E-state index is 0.0770. The van der Waals surface area contributed by atoms with Crippen molar-refractivity contribution < 1.29 is 9.53 Å². The molecule has 0 bridgehead atoms. The van der Waals surface area contributed by atoms with E-state index in [0.29, 0.717) is 13.0 Å². The van der Waals surface area contributed by atoms with E-state index in [1.54, 1.807) is 6.92 Å². The standard InChI is InChI=1S/C13H22O2/c1-5-7-8-9-10-13(3,4)11-15-12(14)6-2/h5,7,9-10H,6,8,11H2,1-4H3/b7-5+,10-9+. The van der Waals surface area contributed by atoms with Gasteiger partial charge >= 0.3 is 5.97 Å². The minimum atomic E-state index is -0.134. The highest BCUT2D eigenvalue weighted by atomic mass is 16.5. The van der Waals surface area contributed by atoms with Crippen LogP contribution < -0.4 is 0 Å². The van der Waals surface area contributed by atoms with E-state index in [-0.39, 0.29) is 11.4 Å². The molecule has 0 saturated carbocycles. The lowest BCUT2D eigenvalue weighted by atomic mass is 9.94. The maximum absolute atomic E-state index is 11.0. The summed E-state index contributed by atoms with van der Waals surface area (Å²) in [6.07, 6.45) is 9.68. The van der Waals surface area contributed by atoms with Crippen LogP contribution in [0, 0.1) is 5.41 Å². The predicted octanol–water partition coefficient (Wildman–Crippen LogP) is 3.49. The molecule has 2 heteroatoms. The second kappa shape index (κ2) is 7.27. The van der Waals surface area contributed by atoms with Crippen LogP contribution in [0.3, 0.4) is 0 Å². The molecule has 0 spiro atoms. The van der Waals surface area contributed by atoms with Crippen molar-refractivity contribution in [1.29, 1.82) is 0 Å². The Morgan fingerprint density at radius 2 is 2.00 bits per heavy atom. The van der Waals surface area contributed by atoms with E-state index in [1.165, 1.54) is 0 Å². The van der Waals surface area contributed by atoms with Crippen LogP contribution in [0.25, 0.3) is 0 Å². The fourth-order valence-corrected chi connectivity index (χ4v) is 1.02. The van der Waals surface area contributed by atoms with Crippen LogP contribution >= 0.6 is 0 Å². The summed E-state index contributed by atoms with van der Waals surface area (Å²) in [5.74, 6) is -0.134. The van der Waals surface area contributed by atoms with Crippen molar-refractivity contribution in [2.24, 2.45) is 5.41 Å². The van der Waals surface area contributed by atoms with E-state index in [0.717, 1.165) is 6.42 Å². The summed E-state index contributed by atoms with van der Waals surface area (Å²) >= 11 is 0. The molecule has 0 amide bonds. The fraction of sp³-hybridized carbons (Fsp3) is 0.615. The number of ether oxygens (including phenoxy) is 1. The van der Waals surface area contributed by atoms with Gasteiger partial charge in [0.05, 0.1) is 6.61 Å². The third-order valence-corrected chi connectivity index (χ3v) is 1.97. The van der Waals surface area contributed by atoms with Crippen molar-refractivity contribution in [2.45, 2.75) is 40.5 Å². The highest BCUT2D eigenvalue weighted by Crippen LogP contribution is 2.18. The second-order valence-electron chi connectivity index (χ2n) is 4.21. The zero-order chi connectivity index (χ0) is 11.7. The van der Waals surface area contributed by atoms with Gasteiger partial charge < -0.3 is 4.74 Å². The molecule has 0 radical (unpaired) electrons. The number of carbonyl (C=O) groups excluding carboxylic acids is 1. The molecule has 15 heavy (non-hydrogen) atoms. The molecule has 0 rings (SSSR count). The number of rotatable bonds is 6. The number of carbonyl (C=O) groups is 1. The van der Waals surface area contributed by atoms with E-state index in [4.69, 9.17) is 4.74 Å². The Labute approximate surface area is 93.0 Å². The van der Waals surface area contributed by atoms with Gasteiger partial charge in [0.1, 0.15) is 0 Å². The average molecular weight is 210 g/mol. The fourth-order valence-electron chi connectivity index (χ4n) is 1.02. The molecule has 0 aliphatic carbocycles. The smallest absolute Gasteiger partial charge is 0.305 e. The van der Waals surface area contributed by atoms with Crippen molar-refractivity contribution in [3.05, 3.63) is 24.3 Å². The topological polar surface area (TPSA) is 26.3 Å². The zero-order valence-electron chi connectivity index (χ0n) is 10.2. The minimum Gasteiger partial charge on any atom is -0.465 e. The van der Waals surface area contributed by atoms with Crippen LogP contribution in [0.15, 0.2) is 24.3 Å². The SMILES string of the molecule is C/C=C/C/C=C/C(C)(C)COC(=O)CC. The van der Waals surface area contributed by atoms with Crippen LogP contribution in [0.5, 0.6) is 0 Å². The van der Waals surface area contributed by atoms with E-state index >= 15 is 0 Å². The molecule has 0 aliphatic rings. The first-order chi connectivity index (χ1) is 7.02. The lowest BCUT2D eigenvalue weighted by molar-refractivity contribution is -0.145. The van der Waals surface area contributed by atoms with E-state index in [2.05, 4.69) is 32.1 Å². The molecule has 0 N–H and O–H groups in total. The van der Waals surface area contributed by atoms with Crippen LogP contribution in [0.1, 0.15) is 40.5 Å². The van der Waals surface area contributed by atoms with Crippen LogP contribution in [0.4, 0.5) is 0 Å². The number of hydrogen-bond acceptors (Lipinski definition) is 2. The van der Waals surface area contributed by atoms with Gasteiger partial charge in [0.2, 0.25) is 0 Å². The zero-order valence-corrected chi connectivity index (χ0v) is 10.2. The Bertz CT molecular complexity index is 237. The van der Waals surface area contributed by atoms with Crippen molar-refractivity contribution in [1.82, 2.24) is 0 Å². The number of esters is 1. The highest BCUT2D eigenvalue weighted by molar-refractivity contribution is 5.68. The third kappa shape index (κ3) is 7.98. The summed E-state index contributed by atoms with van der Waals surface area (Å²) in [4.78, 5) is 11.0. The molecule has 2 nitrogen and oxygen atoms in total. The lowest BCUT2D eigenvalue weighted by Crippen LogP contribution is -2.19. The van der Waals surface area contributed by atoms with Gasteiger partial charge in [-0.2, -0.15) is 0 Å². The summed E-state index contributed by atoms with van der Waals surface area (Å²) in [6, 6.07) is 0. The maximum atomic E-state index is 11.0. The molecule has 0 aromatic carbocycles. The normalized spacial score (nSPS) is 12.5. The van der Waals surface area contributed by atoms with Crippen molar-refractivity contribution >= 4 is 5.97 Å². The summed E-state index contributed by atoms with van der Waals surface area (Å²) in [6.45, 7) is 8.37. The molecule has 0 heterocycles. The average Bonchev–Trinajstić information content (AvgIpc) is 2.21. The Morgan fingerprint density at radius 1 is 1.33 bits per heavy atom. The van der Waals surface area contributed by atoms with Gasteiger partial charge in [-0.3, -0.25) is 4.79 Å². The molecule has 0 fully saturated rings. The summed E-state index contributed by atoms with van der Waals surface area (Å²) < 4.78 is 5.10. The van der Waals surface area contributed by atoms with Crippen LogP contribution in [-0.2, 0) is 9.53 Å². The Morgan fingerprint density at radius 3 is 2.53 bits per heavy atom. The molecule has 0 aromatic rings. The summed E-state index contributed by atoms with van der Waals surface area (Å²) in [7, 11) is 0. The van der Waals surface area contributed by atoms with Gasteiger partial charge in [-0.05, 0) is 13.3 Å². The van der Waals surface area contributed by atoms with E-state index in [9.17, 15) is 4.79 Å². The molecular formula is C13H22O2. The Kier molecular flexibility index (Phi) is 6.76. The van der Waals surface area contributed by atoms with E-state index < -0.39 is 0 Å². The quantitative estimate of drug-likeness (QED) is 0.495. The highest BCUT2D eigenvalue weighted by Gasteiger charge is 2.15. The first-order valence-electron chi connectivity index (χ1n) is 5.46. The molecular weight excluding hydrogens is 188 g/mol. The Balaban J connectivity index is 3.95. The first kappa shape index (κ1) is 13.9. The number of hydrogen-bond donors (Lipinski definition) is 0. The maximum Gasteiger partial charge on any atom is 0.305 e. The van der Waals surface area contributed by atoms with Gasteiger partial charge in [0.25, 0.3) is 0 Å². The van der Waals surface area contributed by atoms with Crippen LogP contribution in [-0.4, -0.2) is 12.6 Å². The van der Waals surface area contributed by atoms with Crippen molar-refractivity contribution in [2.75, 3.05) is 6.61 Å². The second-order valence-corrected chi connectivity index (χ2v) is 4.21. The molecule has 0 unspecified atom stereocenters. The van der Waals surface area contributed by atoms with Gasteiger partial charge in [-0.25, -0.2) is 0 Å². The summed E-state index contributed by atoms with van der Waals surface area (Å²) in [5.41, 5.74) is -0.0770. The Hall–Kier alpha value is -1.05. The van der Waals surface area contributed by atoms with Gasteiger partial charge in [-0.1, -0.05) is 45.1 Å². The van der Waals surface area contributed by atoms with Gasteiger partial charge in [0.15, 0.2) is 0 Å². The number of allylic oxidation sites excluding steroid dienone is 3. The molecule has 0 aliphatic heterocycles. The van der Waals surface area contributed by atoms with Gasteiger partial charge in [0, 0.05) is 11.8 Å². The molecule has 0 saturated heterocycles. The third-order valence-electron chi connectivity index (χ3n) is 1.97. The molecule has 0 atom stereocenters. The van der Waals surface area contributed by atoms with Crippen molar-refractivity contribution in [3.8, 4) is 0 Å². The van der Waals surface area contributed by atoms with E-state index in [1.807, 2.05) is 13.0 Å². The summed E-state index contributed by atoms with van der Waals surface area (Å²) in [5, 5.41) is 0. The molecule has 0 aromatic heterocycles. The van der Waals surface area contributed by atoms with Gasteiger partial charge in [-0.15, -0.1) is 0 Å². The van der Waals surface area contributed by atoms with Crippen molar-refractivity contribution in [3.63, 3.8) is 0 Å².